The summed E-state index contributed by atoms with van der Waals surface area (Å²) < 4.78 is 9.49. The van der Waals surface area contributed by atoms with Crippen LogP contribution in [0.3, 0.4) is 0 Å². The minimum absolute atomic E-state index is 0.0405. The molecule has 1 unspecified atom stereocenters. The Morgan fingerprint density at radius 1 is 1.58 bits per heavy atom. The van der Waals surface area contributed by atoms with E-state index in [-0.39, 0.29) is 6.42 Å². The number of carboxylic acids is 1. The summed E-state index contributed by atoms with van der Waals surface area (Å²) >= 11 is 0. The summed E-state index contributed by atoms with van der Waals surface area (Å²) in [5.41, 5.74) is 0. The molecule has 1 N–H and O–H groups in total. The van der Waals surface area contributed by atoms with Gasteiger partial charge in [-0.25, -0.2) is 0 Å². The highest BCUT2D eigenvalue weighted by atomic mass is 16.7. The Labute approximate surface area is 70.5 Å². The van der Waals surface area contributed by atoms with Crippen LogP contribution in [0.5, 0.6) is 0 Å². The molecule has 5 heteroatoms. The lowest BCUT2D eigenvalue weighted by Crippen LogP contribution is -2.22. The Bertz CT molecular complexity index is 182. The van der Waals surface area contributed by atoms with Gasteiger partial charge in [0.1, 0.15) is 5.92 Å². The van der Waals surface area contributed by atoms with Crippen molar-refractivity contribution in [2.24, 2.45) is 5.92 Å². The number of hydrogen-bond donors (Lipinski definition) is 1. The fourth-order valence-electron chi connectivity index (χ4n) is 0.690. The van der Waals surface area contributed by atoms with E-state index in [1.807, 2.05) is 0 Å². The lowest BCUT2D eigenvalue weighted by Gasteiger charge is -2.13. The van der Waals surface area contributed by atoms with Gasteiger partial charge >= 0.3 is 5.97 Å². The normalized spacial score (nSPS) is 12.5. The highest BCUT2D eigenvalue weighted by molar-refractivity contribution is 5.72. The Kier molecular flexibility index (Phi) is 5.00. The maximum absolute atomic E-state index is 10.4. The van der Waals surface area contributed by atoms with E-state index in [4.69, 9.17) is 19.8 Å². The van der Waals surface area contributed by atoms with Gasteiger partial charge in [-0.1, -0.05) is 0 Å². The third-order valence-corrected chi connectivity index (χ3v) is 1.41. The van der Waals surface area contributed by atoms with Gasteiger partial charge in [-0.3, -0.25) is 4.79 Å². The van der Waals surface area contributed by atoms with Gasteiger partial charge in [0, 0.05) is 20.6 Å². The quantitative estimate of drug-likeness (QED) is 0.601. The number of hydrogen-bond acceptors (Lipinski definition) is 4. The van der Waals surface area contributed by atoms with Crippen molar-refractivity contribution in [3.63, 3.8) is 0 Å². The van der Waals surface area contributed by atoms with Gasteiger partial charge in [0.25, 0.3) is 0 Å². The number of rotatable bonds is 5. The molecule has 0 saturated heterocycles. The van der Waals surface area contributed by atoms with Gasteiger partial charge in [-0.2, -0.15) is 5.26 Å². The van der Waals surface area contributed by atoms with Crippen molar-refractivity contribution in [2.45, 2.75) is 12.7 Å². The van der Waals surface area contributed by atoms with Crippen LogP contribution in [0.4, 0.5) is 0 Å². The molecule has 5 nitrogen and oxygen atoms in total. The molecule has 0 bridgehead atoms. The molecule has 12 heavy (non-hydrogen) atoms. The van der Waals surface area contributed by atoms with Crippen LogP contribution in [0.15, 0.2) is 0 Å². The van der Waals surface area contributed by atoms with Crippen molar-refractivity contribution in [3.8, 4) is 6.07 Å². The lowest BCUT2D eigenvalue weighted by molar-refractivity contribution is -0.147. The number of aliphatic carboxylic acids is 1. The molecule has 0 radical (unpaired) electrons. The first-order chi connectivity index (χ1) is 5.65. The summed E-state index contributed by atoms with van der Waals surface area (Å²) in [5, 5.41) is 16.9. The van der Waals surface area contributed by atoms with Crippen molar-refractivity contribution >= 4 is 5.97 Å². The Hall–Kier alpha value is -1.12. The van der Waals surface area contributed by atoms with Crippen molar-refractivity contribution in [1.29, 1.82) is 5.26 Å². The third kappa shape index (κ3) is 3.32. The van der Waals surface area contributed by atoms with Crippen LogP contribution in [0, 0.1) is 17.2 Å². The predicted molar refractivity (Wildman–Crippen MR) is 39.2 cm³/mol. The standard InChI is InChI=1S/C7H11NO4/c1-11-6(12-2)3-5(4-8)7(9)10/h5-6H,3H2,1-2H3,(H,9,10). The summed E-state index contributed by atoms with van der Waals surface area (Å²) in [7, 11) is 2.79. The number of methoxy groups -OCH3 is 2. The van der Waals surface area contributed by atoms with E-state index in [0.29, 0.717) is 0 Å². The summed E-state index contributed by atoms with van der Waals surface area (Å²) in [6.07, 6.45) is -0.593. The van der Waals surface area contributed by atoms with Gasteiger partial charge in [0.05, 0.1) is 6.07 Å². The second kappa shape index (κ2) is 5.52. The van der Waals surface area contributed by atoms with Gasteiger partial charge in [-0.15, -0.1) is 0 Å². The first-order valence-electron chi connectivity index (χ1n) is 3.33. The van der Waals surface area contributed by atoms with Crippen molar-refractivity contribution in [1.82, 2.24) is 0 Å². The van der Waals surface area contributed by atoms with Crippen LogP contribution >= 0.6 is 0 Å². The van der Waals surface area contributed by atoms with Gasteiger partial charge in [0.2, 0.25) is 0 Å². The molecular weight excluding hydrogens is 162 g/mol. The molecule has 0 aliphatic carbocycles. The fraction of sp³-hybridized carbons (Fsp3) is 0.714. The summed E-state index contributed by atoms with van der Waals surface area (Å²) in [4.78, 5) is 10.4. The van der Waals surface area contributed by atoms with Crippen LogP contribution in [0.1, 0.15) is 6.42 Å². The highest BCUT2D eigenvalue weighted by Crippen LogP contribution is 2.08. The number of nitriles is 1. The number of nitrogens with zero attached hydrogens (tertiary/aromatic N) is 1. The fourth-order valence-corrected chi connectivity index (χ4v) is 0.690. The first-order valence-corrected chi connectivity index (χ1v) is 3.33. The molecule has 0 fully saturated rings. The smallest absolute Gasteiger partial charge is 0.321 e. The number of ether oxygens (including phenoxy) is 2. The average Bonchev–Trinajstić information content (AvgIpc) is 2.06. The third-order valence-electron chi connectivity index (χ3n) is 1.41. The minimum atomic E-state index is -1.16. The van der Waals surface area contributed by atoms with E-state index in [9.17, 15) is 4.79 Å². The molecular formula is C7H11NO4. The summed E-state index contributed by atoms with van der Waals surface area (Å²) in [6.45, 7) is 0. The second-order valence-corrected chi connectivity index (χ2v) is 2.16. The molecule has 0 aliphatic heterocycles. The number of carboxylic acid groups (broad SMARTS) is 1. The zero-order valence-corrected chi connectivity index (χ0v) is 6.98. The molecule has 0 heterocycles. The first kappa shape index (κ1) is 10.9. The Morgan fingerprint density at radius 3 is 2.33 bits per heavy atom. The van der Waals surface area contributed by atoms with Gasteiger partial charge < -0.3 is 14.6 Å². The highest BCUT2D eigenvalue weighted by Gasteiger charge is 2.21. The maximum Gasteiger partial charge on any atom is 0.321 e. The minimum Gasteiger partial charge on any atom is -0.480 e. The van der Waals surface area contributed by atoms with E-state index in [0.717, 1.165) is 0 Å². The molecule has 1 atom stereocenters. The zero-order chi connectivity index (χ0) is 9.56. The monoisotopic (exact) mass is 173 g/mol. The van der Waals surface area contributed by atoms with Crippen molar-refractivity contribution in [3.05, 3.63) is 0 Å². The average molecular weight is 173 g/mol. The molecule has 0 aliphatic rings. The molecule has 0 spiro atoms. The Balaban J connectivity index is 4.02. The molecule has 0 amide bonds. The molecule has 68 valence electrons. The summed E-state index contributed by atoms with van der Waals surface area (Å²) in [6, 6.07) is 1.64. The topological polar surface area (TPSA) is 79.5 Å². The SMILES string of the molecule is COC(CC(C#N)C(=O)O)OC. The predicted octanol–water partition coefficient (Wildman–Crippen LogP) is 0.220. The lowest BCUT2D eigenvalue weighted by atomic mass is 10.1. The Morgan fingerprint density at radius 2 is 2.08 bits per heavy atom. The molecule has 0 aromatic carbocycles. The van der Waals surface area contributed by atoms with Crippen molar-refractivity contribution in [2.75, 3.05) is 14.2 Å². The number of carbonyl (C=O) groups is 1. The molecule has 0 aromatic rings. The molecule has 0 saturated carbocycles. The molecule has 0 aromatic heterocycles. The van der Waals surface area contributed by atoms with Crippen LogP contribution in [-0.2, 0) is 14.3 Å². The largest absolute Gasteiger partial charge is 0.480 e. The van der Waals surface area contributed by atoms with Crippen LogP contribution in [0.25, 0.3) is 0 Å². The summed E-state index contributed by atoms with van der Waals surface area (Å²) in [5.74, 6) is -2.23. The van der Waals surface area contributed by atoms with E-state index in [1.165, 1.54) is 14.2 Å². The zero-order valence-electron chi connectivity index (χ0n) is 6.98. The van der Waals surface area contributed by atoms with Crippen LogP contribution < -0.4 is 0 Å². The van der Waals surface area contributed by atoms with Crippen molar-refractivity contribution < 1.29 is 19.4 Å². The second-order valence-electron chi connectivity index (χ2n) is 2.16. The van der Waals surface area contributed by atoms with Crippen LogP contribution in [0.2, 0.25) is 0 Å². The van der Waals surface area contributed by atoms with Gasteiger partial charge in [-0.05, 0) is 0 Å². The maximum atomic E-state index is 10.4. The van der Waals surface area contributed by atoms with E-state index >= 15 is 0 Å². The van der Waals surface area contributed by atoms with E-state index in [2.05, 4.69) is 0 Å². The van der Waals surface area contributed by atoms with E-state index < -0.39 is 18.2 Å². The van der Waals surface area contributed by atoms with Gasteiger partial charge in [0.15, 0.2) is 6.29 Å². The van der Waals surface area contributed by atoms with E-state index in [1.54, 1.807) is 6.07 Å². The molecule has 0 rings (SSSR count). The van der Waals surface area contributed by atoms with Crippen LogP contribution in [-0.4, -0.2) is 31.6 Å².